The summed E-state index contributed by atoms with van der Waals surface area (Å²) in [6.45, 7) is 0. The molecule has 0 saturated carbocycles. The Labute approximate surface area is 92.1 Å². The van der Waals surface area contributed by atoms with Gasteiger partial charge in [-0.3, -0.25) is 4.79 Å². The lowest BCUT2D eigenvalue weighted by atomic mass is 10.1. The van der Waals surface area contributed by atoms with Gasteiger partial charge < -0.3 is 9.78 Å². The molecule has 1 aromatic carbocycles. The first-order valence-electron chi connectivity index (χ1n) is 4.85. The fourth-order valence-corrected chi connectivity index (χ4v) is 1.45. The Morgan fingerprint density at radius 3 is 3.00 bits per heavy atom. The summed E-state index contributed by atoms with van der Waals surface area (Å²) >= 11 is 0. The minimum atomic E-state index is -0.0128. The van der Waals surface area contributed by atoms with Gasteiger partial charge in [-0.25, -0.2) is 0 Å². The van der Waals surface area contributed by atoms with Gasteiger partial charge in [-0.15, -0.1) is 0 Å². The average Bonchev–Trinajstić information content (AvgIpc) is 2.30. The number of H-pyrrole nitrogens is 1. The Bertz CT molecular complexity index is 644. The van der Waals surface area contributed by atoms with Gasteiger partial charge in [0.25, 0.3) is 0 Å². The highest BCUT2D eigenvalue weighted by molar-refractivity contribution is 5.79. The quantitative estimate of drug-likeness (QED) is 0.573. The van der Waals surface area contributed by atoms with Crippen LogP contribution in [0, 0.1) is 11.8 Å². The van der Waals surface area contributed by atoms with Crippen LogP contribution in [0.2, 0.25) is 0 Å². The van der Waals surface area contributed by atoms with Crippen LogP contribution in [0.1, 0.15) is 12.0 Å². The van der Waals surface area contributed by atoms with Crippen molar-refractivity contribution in [1.82, 2.24) is 4.98 Å². The molecule has 2 rings (SSSR count). The highest BCUT2D eigenvalue weighted by Crippen LogP contribution is 2.08. The summed E-state index contributed by atoms with van der Waals surface area (Å²) in [5.41, 5.74) is 1.53. The first-order chi connectivity index (χ1) is 7.81. The van der Waals surface area contributed by atoms with E-state index in [1.807, 2.05) is 0 Å². The predicted molar refractivity (Wildman–Crippen MR) is 62.1 cm³/mol. The lowest BCUT2D eigenvalue weighted by Crippen LogP contribution is -1.99. The molecule has 0 unspecified atom stereocenters. The van der Waals surface area contributed by atoms with E-state index in [9.17, 15) is 9.59 Å². The van der Waals surface area contributed by atoms with Gasteiger partial charge >= 0.3 is 0 Å². The number of benzene rings is 1. The summed E-state index contributed by atoms with van der Waals surface area (Å²) in [7, 11) is 0. The van der Waals surface area contributed by atoms with Crippen molar-refractivity contribution in [3.05, 3.63) is 46.2 Å². The number of aromatic nitrogens is 1. The molecule has 1 heterocycles. The molecule has 0 spiro atoms. The Balaban J connectivity index is 2.50. The molecular weight excluding hydrogens is 202 g/mol. The van der Waals surface area contributed by atoms with E-state index in [1.54, 1.807) is 24.4 Å². The van der Waals surface area contributed by atoms with Crippen LogP contribution in [0.15, 0.2) is 35.3 Å². The van der Waals surface area contributed by atoms with Gasteiger partial charge in [-0.05, 0) is 18.2 Å². The van der Waals surface area contributed by atoms with Crippen LogP contribution < -0.4 is 5.43 Å². The second-order valence-electron chi connectivity index (χ2n) is 3.27. The first kappa shape index (κ1) is 10.2. The van der Waals surface area contributed by atoms with Crippen LogP contribution >= 0.6 is 0 Å². The summed E-state index contributed by atoms with van der Waals surface area (Å²) in [5.74, 6) is 5.57. The number of aldehydes is 1. The van der Waals surface area contributed by atoms with Gasteiger partial charge in [0.05, 0.1) is 11.9 Å². The standard InChI is InChI=1S/C13H9NO2/c15-8-2-1-3-10-4-5-11-12(9-10)14-7-6-13(11)16/h4-9H,2H2,(H,14,16). The number of hydrogen-bond donors (Lipinski definition) is 1. The van der Waals surface area contributed by atoms with Crippen LogP contribution in [0.3, 0.4) is 0 Å². The number of aromatic amines is 1. The number of rotatable bonds is 1. The molecule has 1 N–H and O–H groups in total. The predicted octanol–water partition coefficient (Wildman–Crippen LogP) is 1.47. The molecule has 0 aliphatic rings. The molecule has 0 amide bonds. The van der Waals surface area contributed by atoms with E-state index < -0.39 is 0 Å². The first-order valence-corrected chi connectivity index (χ1v) is 4.85. The van der Waals surface area contributed by atoms with Crippen LogP contribution in [-0.2, 0) is 4.79 Å². The number of carbonyl (C=O) groups excluding carboxylic acids is 1. The van der Waals surface area contributed by atoms with Gasteiger partial charge in [0.2, 0.25) is 0 Å². The van der Waals surface area contributed by atoms with Gasteiger partial charge in [0.1, 0.15) is 6.29 Å². The molecule has 3 nitrogen and oxygen atoms in total. The molecule has 0 fully saturated rings. The third-order valence-electron chi connectivity index (χ3n) is 2.18. The molecule has 0 atom stereocenters. The van der Waals surface area contributed by atoms with E-state index in [-0.39, 0.29) is 11.8 Å². The fraction of sp³-hybridized carbons (Fsp3) is 0.0769. The normalized spacial score (nSPS) is 9.50. The number of pyridine rings is 1. The van der Waals surface area contributed by atoms with Crippen LogP contribution in [0.4, 0.5) is 0 Å². The van der Waals surface area contributed by atoms with E-state index in [1.165, 1.54) is 6.07 Å². The summed E-state index contributed by atoms with van der Waals surface area (Å²) in [4.78, 5) is 24.5. The van der Waals surface area contributed by atoms with Crippen molar-refractivity contribution in [1.29, 1.82) is 0 Å². The second-order valence-corrected chi connectivity index (χ2v) is 3.27. The van der Waals surface area contributed by atoms with E-state index >= 15 is 0 Å². The smallest absolute Gasteiger partial charge is 0.189 e. The van der Waals surface area contributed by atoms with E-state index in [2.05, 4.69) is 16.8 Å². The monoisotopic (exact) mass is 211 g/mol. The number of fused-ring (bicyclic) bond motifs is 1. The second kappa shape index (κ2) is 4.45. The minimum Gasteiger partial charge on any atom is -0.361 e. The maximum absolute atomic E-state index is 11.4. The molecule has 1 aromatic heterocycles. The summed E-state index contributed by atoms with van der Waals surface area (Å²) < 4.78 is 0. The zero-order valence-corrected chi connectivity index (χ0v) is 8.49. The molecule has 16 heavy (non-hydrogen) atoms. The van der Waals surface area contributed by atoms with Gasteiger partial charge in [0.15, 0.2) is 5.43 Å². The Hall–Kier alpha value is -2.34. The SMILES string of the molecule is O=CCC#Cc1ccc2c(=O)cc[nH]c2c1. The molecule has 0 radical (unpaired) electrons. The molecule has 0 saturated heterocycles. The number of carbonyl (C=O) groups is 1. The van der Waals surface area contributed by atoms with Gasteiger partial charge in [-0.1, -0.05) is 11.8 Å². The maximum Gasteiger partial charge on any atom is 0.189 e. The third-order valence-corrected chi connectivity index (χ3v) is 2.18. The molecular formula is C13H9NO2. The van der Waals surface area contributed by atoms with Crippen LogP contribution in [0.5, 0.6) is 0 Å². The molecule has 0 bridgehead atoms. The largest absolute Gasteiger partial charge is 0.361 e. The minimum absolute atomic E-state index is 0.0128. The third kappa shape index (κ3) is 2.01. The van der Waals surface area contributed by atoms with Crippen LogP contribution in [0.25, 0.3) is 10.9 Å². The molecule has 2 aromatic rings. The molecule has 78 valence electrons. The average molecular weight is 211 g/mol. The van der Waals surface area contributed by atoms with Crippen molar-refractivity contribution < 1.29 is 4.79 Å². The summed E-state index contributed by atoms with van der Waals surface area (Å²) in [6.07, 6.45) is 2.59. The summed E-state index contributed by atoms with van der Waals surface area (Å²) in [5, 5.41) is 0.642. The van der Waals surface area contributed by atoms with Crippen LogP contribution in [-0.4, -0.2) is 11.3 Å². The topological polar surface area (TPSA) is 49.9 Å². The van der Waals surface area contributed by atoms with E-state index in [0.717, 1.165) is 17.4 Å². The van der Waals surface area contributed by atoms with Crippen molar-refractivity contribution in [2.24, 2.45) is 0 Å². The highest BCUT2D eigenvalue weighted by Gasteiger charge is 1.97. The van der Waals surface area contributed by atoms with Crippen molar-refractivity contribution >= 4 is 17.2 Å². The van der Waals surface area contributed by atoms with Crippen molar-refractivity contribution in [2.75, 3.05) is 0 Å². The lowest BCUT2D eigenvalue weighted by molar-refractivity contribution is -0.107. The molecule has 3 heteroatoms. The highest BCUT2D eigenvalue weighted by atomic mass is 16.1. The van der Waals surface area contributed by atoms with E-state index in [4.69, 9.17) is 0 Å². The Morgan fingerprint density at radius 1 is 1.31 bits per heavy atom. The van der Waals surface area contributed by atoms with Gasteiger partial charge in [0, 0.05) is 23.2 Å². The fourth-order valence-electron chi connectivity index (χ4n) is 1.45. The zero-order chi connectivity index (χ0) is 11.4. The van der Waals surface area contributed by atoms with E-state index in [0.29, 0.717) is 5.39 Å². The Morgan fingerprint density at radius 2 is 2.19 bits per heavy atom. The van der Waals surface area contributed by atoms with Crippen molar-refractivity contribution in [3.63, 3.8) is 0 Å². The maximum atomic E-state index is 11.4. The Kier molecular flexibility index (Phi) is 2.84. The van der Waals surface area contributed by atoms with Gasteiger partial charge in [-0.2, -0.15) is 0 Å². The van der Waals surface area contributed by atoms with Crippen molar-refractivity contribution in [2.45, 2.75) is 6.42 Å². The molecule has 0 aliphatic heterocycles. The lowest BCUT2D eigenvalue weighted by Gasteiger charge is -1.96. The zero-order valence-electron chi connectivity index (χ0n) is 8.49. The molecule has 0 aliphatic carbocycles. The van der Waals surface area contributed by atoms with Crippen molar-refractivity contribution in [3.8, 4) is 11.8 Å². The number of nitrogens with one attached hydrogen (secondary N) is 1. The number of hydrogen-bond acceptors (Lipinski definition) is 2. The summed E-state index contributed by atoms with van der Waals surface area (Å²) in [6, 6.07) is 6.79.